The van der Waals surface area contributed by atoms with Crippen LogP contribution in [0.4, 0.5) is 10.5 Å². The summed E-state index contributed by atoms with van der Waals surface area (Å²) in [6, 6.07) is 10.0. The molecule has 6 heteroatoms. The van der Waals surface area contributed by atoms with E-state index in [0.29, 0.717) is 24.2 Å². The third kappa shape index (κ3) is 3.82. The van der Waals surface area contributed by atoms with Crippen LogP contribution >= 0.6 is 0 Å². The highest BCUT2D eigenvalue weighted by molar-refractivity contribution is 5.95. The second kappa shape index (κ2) is 7.07. The fraction of sp³-hybridized carbons (Fsp3) is 0.476. The molecule has 6 nitrogen and oxygen atoms in total. The molecule has 3 rings (SSSR count). The molecule has 1 fully saturated rings. The van der Waals surface area contributed by atoms with Crippen molar-refractivity contribution in [3.05, 3.63) is 36.0 Å². The van der Waals surface area contributed by atoms with E-state index in [1.165, 1.54) is 0 Å². The first kappa shape index (κ1) is 19.0. The largest absolute Gasteiger partial charge is 0.444 e. The summed E-state index contributed by atoms with van der Waals surface area (Å²) in [5.74, 6) is 0. The zero-order valence-corrected chi connectivity index (χ0v) is 16.6. The van der Waals surface area contributed by atoms with Gasteiger partial charge in [-0.05, 0) is 58.9 Å². The van der Waals surface area contributed by atoms with Gasteiger partial charge in [-0.1, -0.05) is 0 Å². The van der Waals surface area contributed by atoms with Crippen LogP contribution in [0.5, 0.6) is 0 Å². The van der Waals surface area contributed by atoms with Gasteiger partial charge in [-0.3, -0.25) is 4.98 Å². The van der Waals surface area contributed by atoms with Crippen LogP contribution in [0.2, 0.25) is 0 Å². The minimum atomic E-state index is -0.508. The molecular weight excluding hydrogens is 340 g/mol. The maximum absolute atomic E-state index is 12.5. The van der Waals surface area contributed by atoms with Crippen LogP contribution in [0.15, 0.2) is 30.5 Å². The monoisotopic (exact) mass is 366 g/mol. The summed E-state index contributed by atoms with van der Waals surface area (Å²) in [5.41, 5.74) is 1.82. The number of pyridine rings is 1. The molecule has 0 bridgehead atoms. The maximum atomic E-state index is 12.5. The number of hydrogen-bond acceptors (Lipinski definition) is 5. The Kier molecular flexibility index (Phi) is 4.97. The van der Waals surface area contributed by atoms with Gasteiger partial charge in [0, 0.05) is 42.4 Å². The van der Waals surface area contributed by atoms with E-state index in [9.17, 15) is 10.1 Å². The van der Waals surface area contributed by atoms with E-state index < -0.39 is 5.60 Å². The van der Waals surface area contributed by atoms with Gasteiger partial charge in [-0.15, -0.1) is 0 Å². The number of aromatic nitrogens is 1. The second-order valence-corrected chi connectivity index (χ2v) is 8.13. The van der Waals surface area contributed by atoms with E-state index in [1.54, 1.807) is 11.1 Å². The molecule has 1 aromatic heterocycles. The van der Waals surface area contributed by atoms with Crippen LogP contribution in [0.3, 0.4) is 0 Å². The summed E-state index contributed by atoms with van der Waals surface area (Å²) in [6.45, 7) is 11.0. The number of hydrogen-bond donors (Lipinski definition) is 0. The van der Waals surface area contributed by atoms with E-state index in [1.807, 2.05) is 52.0 Å². The molecule has 0 spiro atoms. The Morgan fingerprint density at radius 3 is 2.63 bits per heavy atom. The van der Waals surface area contributed by atoms with Crippen molar-refractivity contribution in [1.29, 1.82) is 5.26 Å². The van der Waals surface area contributed by atoms with Crippen molar-refractivity contribution >= 4 is 22.7 Å². The van der Waals surface area contributed by atoms with Crippen molar-refractivity contribution in [2.24, 2.45) is 0 Å². The lowest BCUT2D eigenvalue weighted by atomic mass is 10.0. The molecule has 1 aromatic carbocycles. The third-order valence-electron chi connectivity index (χ3n) is 4.79. The van der Waals surface area contributed by atoms with Gasteiger partial charge >= 0.3 is 6.09 Å². The van der Waals surface area contributed by atoms with E-state index >= 15 is 0 Å². The van der Waals surface area contributed by atoms with Crippen LogP contribution in [0.1, 0.15) is 40.2 Å². The van der Waals surface area contributed by atoms with Crippen molar-refractivity contribution in [1.82, 2.24) is 9.88 Å². The molecule has 1 saturated heterocycles. The minimum absolute atomic E-state index is 0.0124. The van der Waals surface area contributed by atoms with E-state index in [4.69, 9.17) is 4.74 Å². The van der Waals surface area contributed by atoms with Crippen molar-refractivity contribution in [2.45, 2.75) is 52.3 Å². The van der Waals surface area contributed by atoms with Gasteiger partial charge in [0.05, 0.1) is 11.1 Å². The van der Waals surface area contributed by atoms with Crippen molar-refractivity contribution < 1.29 is 9.53 Å². The number of nitrogens with zero attached hydrogens (tertiary/aromatic N) is 4. The number of amides is 1. The van der Waals surface area contributed by atoms with Crippen molar-refractivity contribution in [3.63, 3.8) is 0 Å². The molecular formula is C21H26N4O2. The summed E-state index contributed by atoms with van der Waals surface area (Å²) in [4.78, 5) is 21.0. The summed E-state index contributed by atoms with van der Waals surface area (Å²) >= 11 is 0. The topological polar surface area (TPSA) is 69.5 Å². The molecule has 27 heavy (non-hydrogen) atoms. The molecule has 0 N–H and O–H groups in total. The van der Waals surface area contributed by atoms with E-state index in [-0.39, 0.29) is 18.2 Å². The Morgan fingerprint density at radius 1 is 1.22 bits per heavy atom. The number of piperazine rings is 1. The van der Waals surface area contributed by atoms with Gasteiger partial charge in [-0.25, -0.2) is 4.79 Å². The van der Waals surface area contributed by atoms with Crippen LogP contribution < -0.4 is 4.90 Å². The first-order valence-corrected chi connectivity index (χ1v) is 9.25. The molecule has 1 aliphatic rings. The zero-order chi connectivity index (χ0) is 19.8. The molecule has 0 radical (unpaired) electrons. The normalized spacial score (nSPS) is 20.4. The second-order valence-electron chi connectivity index (χ2n) is 8.13. The Bertz CT molecular complexity index is 897. The lowest BCUT2D eigenvalue weighted by Gasteiger charge is -2.45. The van der Waals surface area contributed by atoms with Crippen molar-refractivity contribution in [2.75, 3.05) is 18.0 Å². The average molecular weight is 366 g/mol. The fourth-order valence-corrected chi connectivity index (χ4v) is 3.54. The predicted molar refractivity (Wildman–Crippen MR) is 106 cm³/mol. The SMILES string of the molecule is CC1CN(c2ccc(C#N)c3ncccc23)C(C)CN1C(=O)OC(C)(C)C. The van der Waals surface area contributed by atoms with Gasteiger partial charge < -0.3 is 14.5 Å². The van der Waals surface area contributed by atoms with E-state index in [0.717, 1.165) is 11.1 Å². The van der Waals surface area contributed by atoms with Crippen LogP contribution in [0.25, 0.3) is 10.9 Å². The molecule has 0 saturated carbocycles. The number of fused-ring (bicyclic) bond motifs is 1. The number of rotatable bonds is 1. The van der Waals surface area contributed by atoms with Gasteiger partial charge in [0.15, 0.2) is 0 Å². The average Bonchev–Trinajstić information content (AvgIpc) is 2.61. The smallest absolute Gasteiger partial charge is 0.410 e. The van der Waals surface area contributed by atoms with Gasteiger partial charge in [-0.2, -0.15) is 5.26 Å². The van der Waals surface area contributed by atoms with Crippen LogP contribution in [-0.4, -0.2) is 46.8 Å². The third-order valence-corrected chi connectivity index (χ3v) is 4.79. The number of benzene rings is 1. The highest BCUT2D eigenvalue weighted by Gasteiger charge is 2.35. The Labute approximate surface area is 160 Å². The molecule has 142 valence electrons. The quantitative estimate of drug-likeness (QED) is 0.764. The standard InChI is InChI=1S/C21H26N4O2/c1-14-13-25(20(26)27-21(3,4)5)15(2)12-24(14)18-9-8-16(11-22)19-17(18)7-6-10-23-19/h6-10,14-15H,12-13H2,1-5H3. The highest BCUT2D eigenvalue weighted by Crippen LogP contribution is 2.32. The number of carbonyl (C=O) groups excluding carboxylic acids is 1. The van der Waals surface area contributed by atoms with E-state index in [2.05, 4.69) is 22.9 Å². The Morgan fingerprint density at radius 2 is 1.96 bits per heavy atom. The number of anilines is 1. The summed E-state index contributed by atoms with van der Waals surface area (Å²) in [5, 5.41) is 10.3. The fourth-order valence-electron chi connectivity index (χ4n) is 3.54. The number of nitriles is 1. The summed E-state index contributed by atoms with van der Waals surface area (Å²) < 4.78 is 5.56. The summed E-state index contributed by atoms with van der Waals surface area (Å²) in [7, 11) is 0. The number of carbonyl (C=O) groups is 1. The summed E-state index contributed by atoms with van der Waals surface area (Å²) in [6.07, 6.45) is 1.44. The number of ether oxygens (including phenoxy) is 1. The lowest BCUT2D eigenvalue weighted by molar-refractivity contribution is 0.0130. The Hall–Kier alpha value is -2.81. The minimum Gasteiger partial charge on any atom is -0.444 e. The van der Waals surface area contributed by atoms with Gasteiger partial charge in [0.2, 0.25) is 0 Å². The first-order chi connectivity index (χ1) is 12.7. The molecule has 1 amide bonds. The Balaban J connectivity index is 1.90. The first-order valence-electron chi connectivity index (χ1n) is 9.25. The van der Waals surface area contributed by atoms with Crippen LogP contribution in [0, 0.1) is 11.3 Å². The van der Waals surface area contributed by atoms with Crippen molar-refractivity contribution in [3.8, 4) is 6.07 Å². The molecule has 1 aliphatic heterocycles. The maximum Gasteiger partial charge on any atom is 0.410 e. The predicted octanol–water partition coefficient (Wildman–Crippen LogP) is 3.94. The van der Waals surface area contributed by atoms with Gasteiger partial charge in [0.1, 0.15) is 11.7 Å². The molecule has 2 unspecified atom stereocenters. The van der Waals surface area contributed by atoms with Crippen LogP contribution in [-0.2, 0) is 4.74 Å². The highest BCUT2D eigenvalue weighted by atomic mass is 16.6. The molecule has 2 aromatic rings. The lowest BCUT2D eigenvalue weighted by Crippen LogP contribution is -2.59. The van der Waals surface area contributed by atoms with Gasteiger partial charge in [0.25, 0.3) is 0 Å². The zero-order valence-electron chi connectivity index (χ0n) is 16.6. The molecule has 0 aliphatic carbocycles. The molecule has 2 heterocycles. The molecule has 2 atom stereocenters.